The van der Waals surface area contributed by atoms with Gasteiger partial charge in [-0.1, -0.05) is 6.42 Å². The highest BCUT2D eigenvalue weighted by molar-refractivity contribution is 5.52. The van der Waals surface area contributed by atoms with Crippen molar-refractivity contribution < 1.29 is 0 Å². The van der Waals surface area contributed by atoms with Crippen molar-refractivity contribution in [2.75, 3.05) is 0 Å². The molecule has 0 saturated heterocycles. The minimum Gasteiger partial charge on any atom is -0.275 e. The van der Waals surface area contributed by atoms with Gasteiger partial charge < -0.3 is 0 Å². The van der Waals surface area contributed by atoms with Gasteiger partial charge in [-0.25, -0.2) is 9.97 Å². The predicted molar refractivity (Wildman–Crippen MR) is 65.6 cm³/mol. The molecule has 4 heteroatoms. The van der Waals surface area contributed by atoms with Crippen LogP contribution < -0.4 is 0 Å². The van der Waals surface area contributed by atoms with E-state index in [2.05, 4.69) is 21.1 Å². The van der Waals surface area contributed by atoms with Crippen molar-refractivity contribution in [1.82, 2.24) is 19.7 Å². The van der Waals surface area contributed by atoms with Crippen molar-refractivity contribution in [2.24, 2.45) is 7.05 Å². The van der Waals surface area contributed by atoms with Gasteiger partial charge in [0.1, 0.15) is 0 Å². The van der Waals surface area contributed by atoms with Gasteiger partial charge in [-0.3, -0.25) is 4.68 Å². The average molecular weight is 228 g/mol. The summed E-state index contributed by atoms with van der Waals surface area (Å²) in [5.74, 6) is 1.45. The second kappa shape index (κ2) is 3.95. The van der Waals surface area contributed by atoms with Crippen LogP contribution in [0.15, 0.2) is 18.5 Å². The first-order chi connectivity index (χ1) is 8.22. The molecule has 1 fully saturated rings. The summed E-state index contributed by atoms with van der Waals surface area (Å²) in [5.41, 5.74) is 3.24. The van der Waals surface area contributed by atoms with E-state index in [0.717, 1.165) is 17.1 Å². The Bertz CT molecular complexity index is 540. The molecule has 0 N–H and O–H groups in total. The standard InChI is InChI=1S/C13H16N4/c1-9-6-12(10-4-3-5-10)16-13(15-9)11-7-14-17(2)8-11/h6-8,10H,3-5H2,1-2H3. The van der Waals surface area contributed by atoms with E-state index in [9.17, 15) is 0 Å². The number of hydrogen-bond acceptors (Lipinski definition) is 3. The van der Waals surface area contributed by atoms with Gasteiger partial charge in [0.05, 0.1) is 11.8 Å². The molecule has 2 aromatic rings. The summed E-state index contributed by atoms with van der Waals surface area (Å²) in [6.45, 7) is 2.03. The molecule has 2 aromatic heterocycles. The van der Waals surface area contributed by atoms with Crippen molar-refractivity contribution in [1.29, 1.82) is 0 Å². The monoisotopic (exact) mass is 228 g/mol. The summed E-state index contributed by atoms with van der Waals surface area (Å²) in [5, 5.41) is 4.17. The van der Waals surface area contributed by atoms with Gasteiger partial charge in [-0.15, -0.1) is 0 Å². The highest BCUT2D eigenvalue weighted by Gasteiger charge is 2.22. The molecule has 0 bridgehead atoms. The molecule has 0 spiro atoms. The molecule has 1 aliphatic carbocycles. The summed E-state index contributed by atoms with van der Waals surface area (Å²) in [6, 6.07) is 2.11. The summed E-state index contributed by atoms with van der Waals surface area (Å²) in [7, 11) is 1.91. The van der Waals surface area contributed by atoms with Crippen molar-refractivity contribution in [2.45, 2.75) is 32.1 Å². The lowest BCUT2D eigenvalue weighted by atomic mass is 9.82. The first kappa shape index (κ1) is 10.4. The molecule has 0 aromatic carbocycles. The van der Waals surface area contributed by atoms with Crippen LogP contribution >= 0.6 is 0 Å². The van der Waals surface area contributed by atoms with Crippen LogP contribution in [-0.2, 0) is 7.05 Å². The Kier molecular flexibility index (Phi) is 2.42. The van der Waals surface area contributed by atoms with Crippen molar-refractivity contribution in [3.05, 3.63) is 29.8 Å². The van der Waals surface area contributed by atoms with Gasteiger partial charge >= 0.3 is 0 Å². The predicted octanol–water partition coefficient (Wildman–Crippen LogP) is 2.45. The zero-order chi connectivity index (χ0) is 11.8. The fourth-order valence-corrected chi connectivity index (χ4v) is 2.17. The van der Waals surface area contributed by atoms with E-state index in [-0.39, 0.29) is 0 Å². The first-order valence-corrected chi connectivity index (χ1v) is 6.07. The molecule has 88 valence electrons. The van der Waals surface area contributed by atoms with Gasteiger partial charge in [-0.05, 0) is 25.8 Å². The van der Waals surface area contributed by atoms with Crippen LogP contribution in [0.1, 0.15) is 36.6 Å². The number of nitrogens with zero attached hydrogens (tertiary/aromatic N) is 4. The van der Waals surface area contributed by atoms with E-state index in [1.165, 1.54) is 25.0 Å². The van der Waals surface area contributed by atoms with Crippen LogP contribution in [0, 0.1) is 6.92 Å². The Hall–Kier alpha value is -1.71. The largest absolute Gasteiger partial charge is 0.275 e. The maximum Gasteiger partial charge on any atom is 0.162 e. The number of aryl methyl sites for hydroxylation is 2. The molecule has 0 aliphatic heterocycles. The van der Waals surface area contributed by atoms with E-state index >= 15 is 0 Å². The Morgan fingerprint density at radius 2 is 2.12 bits per heavy atom. The molecule has 17 heavy (non-hydrogen) atoms. The molecule has 4 nitrogen and oxygen atoms in total. The topological polar surface area (TPSA) is 43.6 Å². The molecular formula is C13H16N4. The van der Waals surface area contributed by atoms with E-state index in [1.807, 2.05) is 26.4 Å². The van der Waals surface area contributed by atoms with Crippen LogP contribution in [0.5, 0.6) is 0 Å². The van der Waals surface area contributed by atoms with Crippen molar-refractivity contribution >= 4 is 0 Å². The van der Waals surface area contributed by atoms with Crippen molar-refractivity contribution in [3.8, 4) is 11.4 Å². The third-order valence-corrected chi connectivity index (χ3v) is 3.36. The molecule has 3 rings (SSSR count). The van der Waals surface area contributed by atoms with Gasteiger partial charge in [0.25, 0.3) is 0 Å². The summed E-state index contributed by atoms with van der Waals surface area (Å²) < 4.78 is 1.78. The molecule has 1 aliphatic rings. The van der Waals surface area contributed by atoms with Crippen molar-refractivity contribution in [3.63, 3.8) is 0 Å². The molecule has 2 heterocycles. The Labute approximate surface area is 101 Å². The average Bonchev–Trinajstić information content (AvgIpc) is 2.61. The maximum absolute atomic E-state index is 4.67. The zero-order valence-electron chi connectivity index (χ0n) is 10.2. The van der Waals surface area contributed by atoms with Gasteiger partial charge in [-0.2, -0.15) is 5.10 Å². The Morgan fingerprint density at radius 3 is 2.71 bits per heavy atom. The number of rotatable bonds is 2. The van der Waals surface area contributed by atoms with E-state index in [4.69, 9.17) is 0 Å². The van der Waals surface area contributed by atoms with E-state index in [0.29, 0.717) is 5.92 Å². The molecule has 1 saturated carbocycles. The highest BCUT2D eigenvalue weighted by atomic mass is 15.2. The van der Waals surface area contributed by atoms with Gasteiger partial charge in [0.15, 0.2) is 5.82 Å². The SMILES string of the molecule is Cc1cc(C2CCC2)nc(-c2cnn(C)c2)n1. The van der Waals surface area contributed by atoms with Gasteiger partial charge in [0, 0.05) is 30.6 Å². The molecule has 0 amide bonds. The maximum atomic E-state index is 4.67. The van der Waals surface area contributed by atoms with Crippen LogP contribution in [0.3, 0.4) is 0 Å². The minimum atomic E-state index is 0.645. The Balaban J connectivity index is 2.01. The van der Waals surface area contributed by atoms with Crippen LogP contribution in [0.25, 0.3) is 11.4 Å². The fraction of sp³-hybridized carbons (Fsp3) is 0.462. The third-order valence-electron chi connectivity index (χ3n) is 3.36. The zero-order valence-corrected chi connectivity index (χ0v) is 10.2. The minimum absolute atomic E-state index is 0.645. The Morgan fingerprint density at radius 1 is 1.29 bits per heavy atom. The highest BCUT2D eigenvalue weighted by Crippen LogP contribution is 2.35. The van der Waals surface area contributed by atoms with Crippen LogP contribution in [0.4, 0.5) is 0 Å². The lowest BCUT2D eigenvalue weighted by molar-refractivity contribution is 0.410. The van der Waals surface area contributed by atoms with E-state index < -0.39 is 0 Å². The number of aromatic nitrogens is 4. The summed E-state index contributed by atoms with van der Waals surface area (Å²) in [6.07, 6.45) is 7.64. The van der Waals surface area contributed by atoms with Crippen LogP contribution in [0.2, 0.25) is 0 Å². The molecular weight excluding hydrogens is 212 g/mol. The third kappa shape index (κ3) is 1.95. The second-order valence-corrected chi connectivity index (χ2v) is 4.79. The summed E-state index contributed by atoms with van der Waals surface area (Å²) >= 11 is 0. The molecule has 0 unspecified atom stereocenters. The summed E-state index contributed by atoms with van der Waals surface area (Å²) in [4.78, 5) is 9.17. The fourth-order valence-electron chi connectivity index (χ4n) is 2.17. The smallest absolute Gasteiger partial charge is 0.162 e. The molecule has 0 atom stereocenters. The first-order valence-electron chi connectivity index (χ1n) is 6.07. The molecule has 0 radical (unpaired) electrons. The quantitative estimate of drug-likeness (QED) is 0.793. The normalized spacial score (nSPS) is 15.9. The lowest BCUT2D eigenvalue weighted by Gasteiger charge is -2.25. The number of hydrogen-bond donors (Lipinski definition) is 0. The van der Waals surface area contributed by atoms with Crippen LogP contribution in [-0.4, -0.2) is 19.7 Å². The lowest BCUT2D eigenvalue weighted by Crippen LogP contribution is -2.12. The van der Waals surface area contributed by atoms with Gasteiger partial charge in [0.2, 0.25) is 0 Å². The second-order valence-electron chi connectivity index (χ2n) is 4.79. The van der Waals surface area contributed by atoms with E-state index in [1.54, 1.807) is 4.68 Å².